The molecule has 10 rings (SSSR count). The van der Waals surface area contributed by atoms with Crippen LogP contribution in [0, 0.1) is 0 Å². The highest BCUT2D eigenvalue weighted by Gasteiger charge is 2.19. The van der Waals surface area contributed by atoms with Gasteiger partial charge in [0.15, 0.2) is 17.5 Å². The van der Waals surface area contributed by atoms with Gasteiger partial charge in [0.05, 0.1) is 16.7 Å². The van der Waals surface area contributed by atoms with Crippen molar-refractivity contribution in [3.8, 4) is 67.5 Å². The van der Waals surface area contributed by atoms with Gasteiger partial charge in [0.1, 0.15) is 16.7 Å². The van der Waals surface area contributed by atoms with Crippen molar-refractivity contribution in [2.75, 3.05) is 54.0 Å². The van der Waals surface area contributed by atoms with Gasteiger partial charge >= 0.3 is 16.9 Å². The molecule has 0 aliphatic heterocycles. The molecule has 4 aromatic heterocycles. The first-order chi connectivity index (χ1) is 35.1. The number of aromatic nitrogens is 3. The van der Waals surface area contributed by atoms with E-state index in [0.29, 0.717) is 84.3 Å². The van der Waals surface area contributed by atoms with Crippen molar-refractivity contribution >= 4 is 50.0 Å². The second-order valence-electron chi connectivity index (χ2n) is 17.6. The van der Waals surface area contributed by atoms with E-state index < -0.39 is 16.9 Å². The van der Waals surface area contributed by atoms with Crippen LogP contribution in [-0.2, 0) is 0 Å². The first-order valence-corrected chi connectivity index (χ1v) is 24.6. The summed E-state index contributed by atoms with van der Waals surface area (Å²) in [5.41, 5.74) is 8.03. The molecule has 0 saturated carbocycles. The number of fused-ring (bicyclic) bond motifs is 3. The Hall–Kier alpha value is -8.64. The zero-order chi connectivity index (χ0) is 50.0. The summed E-state index contributed by atoms with van der Waals surface area (Å²) in [6.45, 7) is 17.5. The van der Waals surface area contributed by atoms with Crippen LogP contribution in [0.1, 0.15) is 41.5 Å². The molecule has 0 atom stereocenters. The lowest BCUT2D eigenvalue weighted by molar-refractivity contribution is 0.563. The molecule has 4 heterocycles. The third kappa shape index (κ3) is 9.14. The molecule has 72 heavy (non-hydrogen) atoms. The van der Waals surface area contributed by atoms with Crippen LogP contribution in [0.15, 0.2) is 173 Å². The molecule has 6 aromatic carbocycles. The fraction of sp³-hybridized carbons (Fsp3) is 0.200. The fourth-order valence-corrected chi connectivity index (χ4v) is 9.50. The maximum absolute atomic E-state index is 13.7. The molecule has 0 bridgehead atoms. The molecule has 0 unspecified atom stereocenters. The number of nitrogens with zero attached hydrogens (tertiary/aromatic N) is 6. The van der Waals surface area contributed by atoms with E-state index >= 15 is 0 Å². The monoisotopic (exact) mass is 954 g/mol. The summed E-state index contributed by atoms with van der Waals surface area (Å²) >= 11 is 0. The average molecular weight is 955 g/mol. The van der Waals surface area contributed by atoms with Crippen molar-refractivity contribution in [2.24, 2.45) is 0 Å². The Morgan fingerprint density at radius 1 is 0.333 bits per heavy atom. The molecule has 0 fully saturated rings. The Kier molecular flexibility index (Phi) is 13.1. The minimum Gasteiger partial charge on any atom is -0.422 e. The largest absolute Gasteiger partial charge is 0.422 e. The van der Waals surface area contributed by atoms with Crippen molar-refractivity contribution in [2.45, 2.75) is 41.5 Å². The van der Waals surface area contributed by atoms with Gasteiger partial charge in [-0.2, -0.15) is 0 Å². The van der Waals surface area contributed by atoms with E-state index in [9.17, 15) is 14.4 Å². The first-order valence-electron chi connectivity index (χ1n) is 24.6. The molecule has 0 saturated heterocycles. The van der Waals surface area contributed by atoms with E-state index in [1.807, 2.05) is 146 Å². The van der Waals surface area contributed by atoms with Gasteiger partial charge in [0.2, 0.25) is 0 Å². The third-order valence-electron chi connectivity index (χ3n) is 13.5. The highest BCUT2D eigenvalue weighted by molar-refractivity contribution is 5.88. The Labute approximate surface area is 416 Å². The predicted molar refractivity (Wildman–Crippen MR) is 291 cm³/mol. The van der Waals surface area contributed by atoms with Crippen LogP contribution in [-0.4, -0.2) is 54.2 Å². The standard InChI is InChI=1S/C60H54N6O6/c1-7-64(8-2)46-25-22-40-31-49(58(67)70-52(40)34-46)37-16-13-19-43(28-37)55-61-56(44-20-14-17-38(29-44)50-32-41-23-26-47(65(9-3)10-4)35-53(41)71-59(50)68)63-57(62-55)45-21-15-18-39(30-45)51-33-42-24-27-48(66(11-5)12-6)36-54(42)72-60(51)69/h13-36H,7-12H2,1-6H3. The summed E-state index contributed by atoms with van der Waals surface area (Å²) < 4.78 is 17.8. The smallest absolute Gasteiger partial charge is 0.344 e. The number of hydrogen-bond acceptors (Lipinski definition) is 12. The molecule has 12 nitrogen and oxygen atoms in total. The van der Waals surface area contributed by atoms with Crippen LogP contribution in [0.2, 0.25) is 0 Å². The Morgan fingerprint density at radius 3 is 0.861 bits per heavy atom. The summed E-state index contributed by atoms with van der Waals surface area (Å²) in [6, 6.07) is 45.8. The number of hydrogen-bond donors (Lipinski definition) is 0. The lowest BCUT2D eigenvalue weighted by Gasteiger charge is -2.21. The van der Waals surface area contributed by atoms with Crippen LogP contribution in [0.4, 0.5) is 17.1 Å². The van der Waals surface area contributed by atoms with Crippen LogP contribution in [0.3, 0.4) is 0 Å². The Balaban J connectivity index is 1.08. The second kappa shape index (κ2) is 20.0. The summed E-state index contributed by atoms with van der Waals surface area (Å²) in [7, 11) is 0. The van der Waals surface area contributed by atoms with E-state index in [2.05, 4.69) is 56.2 Å². The van der Waals surface area contributed by atoms with Gasteiger partial charge in [-0.05, 0) is 131 Å². The predicted octanol–water partition coefficient (Wildman–Crippen LogP) is 12.7. The van der Waals surface area contributed by atoms with Gasteiger partial charge in [-0.1, -0.05) is 54.6 Å². The fourth-order valence-electron chi connectivity index (χ4n) is 9.50. The van der Waals surface area contributed by atoms with E-state index in [0.717, 1.165) is 72.5 Å². The van der Waals surface area contributed by atoms with E-state index in [1.54, 1.807) is 0 Å². The zero-order valence-corrected chi connectivity index (χ0v) is 41.2. The van der Waals surface area contributed by atoms with Gasteiger partial charge in [-0.25, -0.2) is 29.3 Å². The highest BCUT2D eigenvalue weighted by atomic mass is 16.4. The van der Waals surface area contributed by atoms with E-state index in [-0.39, 0.29) is 0 Å². The van der Waals surface area contributed by atoms with Gasteiger partial charge in [0, 0.05) is 107 Å². The third-order valence-corrected chi connectivity index (χ3v) is 13.5. The Morgan fingerprint density at radius 2 is 0.597 bits per heavy atom. The molecule has 0 aliphatic carbocycles. The van der Waals surface area contributed by atoms with Crippen LogP contribution in [0.25, 0.3) is 100 Å². The van der Waals surface area contributed by atoms with Gasteiger partial charge in [-0.15, -0.1) is 0 Å². The van der Waals surface area contributed by atoms with Crippen molar-refractivity contribution in [1.29, 1.82) is 0 Å². The maximum atomic E-state index is 13.7. The summed E-state index contributed by atoms with van der Waals surface area (Å²) in [5.74, 6) is 1.01. The molecule has 0 spiro atoms. The maximum Gasteiger partial charge on any atom is 0.344 e. The summed E-state index contributed by atoms with van der Waals surface area (Å²) in [4.78, 5) is 62.9. The summed E-state index contributed by atoms with van der Waals surface area (Å²) in [5, 5.41) is 2.39. The normalized spacial score (nSPS) is 11.4. The minimum atomic E-state index is -0.466. The van der Waals surface area contributed by atoms with Crippen LogP contribution >= 0.6 is 0 Å². The van der Waals surface area contributed by atoms with Crippen molar-refractivity contribution < 1.29 is 13.3 Å². The van der Waals surface area contributed by atoms with Gasteiger partial charge in [-0.3, -0.25) is 0 Å². The van der Waals surface area contributed by atoms with Gasteiger partial charge < -0.3 is 28.0 Å². The first kappa shape index (κ1) is 47.1. The lowest BCUT2D eigenvalue weighted by atomic mass is 10.0. The average Bonchev–Trinajstić information content (AvgIpc) is 3.41. The molecule has 10 aromatic rings. The molecule has 360 valence electrons. The zero-order valence-electron chi connectivity index (χ0n) is 41.2. The van der Waals surface area contributed by atoms with Crippen LogP contribution < -0.4 is 31.6 Å². The molecule has 0 aliphatic rings. The molecule has 0 radical (unpaired) electrons. The molecule has 0 N–H and O–H groups in total. The number of rotatable bonds is 15. The highest BCUT2D eigenvalue weighted by Crippen LogP contribution is 2.34. The van der Waals surface area contributed by atoms with Crippen molar-refractivity contribution in [3.05, 3.63) is 177 Å². The Bertz CT molecular complexity index is 3440. The molecular weight excluding hydrogens is 901 g/mol. The summed E-state index contributed by atoms with van der Waals surface area (Å²) in [6.07, 6.45) is 0. The number of benzene rings is 6. The molecule has 0 amide bonds. The second-order valence-corrected chi connectivity index (χ2v) is 17.6. The topological polar surface area (TPSA) is 139 Å². The molecular formula is C60H54N6O6. The van der Waals surface area contributed by atoms with Gasteiger partial charge in [0.25, 0.3) is 0 Å². The SMILES string of the molecule is CCN(CC)c1ccc2cc(-c3cccc(-c4nc(-c5cccc(-c6cc7ccc(N(CC)CC)cc7oc6=O)c5)nc(-c5cccc(-c6cc7ccc(N(CC)CC)cc7oc6=O)c5)n4)c3)c(=O)oc2c1. The quantitative estimate of drug-likeness (QED) is 0.0904. The van der Waals surface area contributed by atoms with Crippen molar-refractivity contribution in [1.82, 2.24) is 15.0 Å². The number of anilines is 3. The van der Waals surface area contributed by atoms with E-state index in [4.69, 9.17) is 28.2 Å². The van der Waals surface area contributed by atoms with E-state index in [1.165, 1.54) is 0 Å². The van der Waals surface area contributed by atoms with Crippen molar-refractivity contribution in [3.63, 3.8) is 0 Å². The van der Waals surface area contributed by atoms with Crippen LogP contribution in [0.5, 0.6) is 0 Å². The lowest BCUT2D eigenvalue weighted by Crippen LogP contribution is -2.21. The minimum absolute atomic E-state index is 0.338. The molecule has 12 heteroatoms.